The summed E-state index contributed by atoms with van der Waals surface area (Å²) in [6.07, 6.45) is 3.42. The monoisotopic (exact) mass is 342 g/mol. The van der Waals surface area contributed by atoms with E-state index < -0.39 is 16.6 Å². The first kappa shape index (κ1) is 14.1. The van der Waals surface area contributed by atoms with Crippen molar-refractivity contribution in [2.45, 2.75) is 24.0 Å². The maximum Gasteiger partial charge on any atom is 0.228 e. The van der Waals surface area contributed by atoms with Crippen LogP contribution in [0.1, 0.15) is 12.8 Å². The molecule has 9 heteroatoms. The van der Waals surface area contributed by atoms with Crippen molar-refractivity contribution < 1.29 is 13.3 Å². The topological polar surface area (TPSA) is 68.2 Å². The Morgan fingerprint density at radius 3 is 3.00 bits per heavy atom. The molecule has 0 N–H and O–H groups in total. The fourth-order valence-electron chi connectivity index (χ4n) is 2.98. The number of aromatic nitrogens is 3. The zero-order valence-electron chi connectivity index (χ0n) is 11.7. The molecule has 6 nitrogen and oxygen atoms in total. The number of ether oxygens (including phenoxy) is 1. The van der Waals surface area contributed by atoms with E-state index in [-0.39, 0.29) is 27.7 Å². The van der Waals surface area contributed by atoms with Gasteiger partial charge in [0.2, 0.25) is 11.0 Å². The maximum absolute atomic E-state index is 14.4. The SMILES string of the molecule is CS(=O)c1nc2c3c(nc(Cl)c(F)c3n1)OC[C@@H]1CCCN21. The van der Waals surface area contributed by atoms with Gasteiger partial charge in [-0.3, -0.25) is 4.21 Å². The van der Waals surface area contributed by atoms with Crippen molar-refractivity contribution in [2.24, 2.45) is 0 Å². The maximum atomic E-state index is 14.4. The van der Waals surface area contributed by atoms with Gasteiger partial charge in [-0.05, 0) is 12.8 Å². The Hall–Kier alpha value is -1.54. The number of pyridine rings is 1. The molecule has 2 aromatic heterocycles. The van der Waals surface area contributed by atoms with Crippen molar-refractivity contribution in [3.05, 3.63) is 11.0 Å². The zero-order chi connectivity index (χ0) is 15.4. The summed E-state index contributed by atoms with van der Waals surface area (Å²) in [5.41, 5.74) is 0.0118. The lowest BCUT2D eigenvalue weighted by Crippen LogP contribution is -2.33. The highest BCUT2D eigenvalue weighted by Gasteiger charge is 2.34. The molecule has 0 bridgehead atoms. The Morgan fingerprint density at radius 2 is 2.23 bits per heavy atom. The predicted molar refractivity (Wildman–Crippen MR) is 80.5 cm³/mol. The molecule has 0 spiro atoms. The van der Waals surface area contributed by atoms with Gasteiger partial charge in [-0.1, -0.05) is 11.6 Å². The molecule has 0 aromatic carbocycles. The molecule has 0 aliphatic carbocycles. The molecule has 0 radical (unpaired) electrons. The van der Waals surface area contributed by atoms with Gasteiger partial charge in [0.1, 0.15) is 23.3 Å². The minimum atomic E-state index is -1.43. The largest absolute Gasteiger partial charge is 0.475 e. The molecule has 116 valence electrons. The first-order chi connectivity index (χ1) is 10.6. The van der Waals surface area contributed by atoms with Crippen LogP contribution in [0.25, 0.3) is 10.9 Å². The van der Waals surface area contributed by atoms with Gasteiger partial charge in [0.05, 0.1) is 16.8 Å². The summed E-state index contributed by atoms with van der Waals surface area (Å²) < 4.78 is 31.9. The summed E-state index contributed by atoms with van der Waals surface area (Å²) in [5.74, 6) is 0.0320. The predicted octanol–water partition coefficient (Wildman–Crippen LogP) is 1.92. The summed E-state index contributed by atoms with van der Waals surface area (Å²) in [6.45, 7) is 1.23. The Kier molecular flexibility index (Phi) is 3.19. The van der Waals surface area contributed by atoms with E-state index >= 15 is 0 Å². The quantitative estimate of drug-likeness (QED) is 0.582. The summed E-state index contributed by atoms with van der Waals surface area (Å²) in [6, 6.07) is 0.146. The molecule has 4 rings (SSSR count). The second-order valence-electron chi connectivity index (χ2n) is 5.33. The lowest BCUT2D eigenvalue weighted by Gasteiger charge is -2.23. The van der Waals surface area contributed by atoms with Gasteiger partial charge in [0.15, 0.2) is 11.0 Å². The third-order valence-electron chi connectivity index (χ3n) is 3.99. The summed E-state index contributed by atoms with van der Waals surface area (Å²) in [4.78, 5) is 14.5. The van der Waals surface area contributed by atoms with Crippen LogP contribution in [0.5, 0.6) is 5.88 Å². The van der Waals surface area contributed by atoms with Gasteiger partial charge in [-0.2, -0.15) is 4.98 Å². The number of anilines is 1. The van der Waals surface area contributed by atoms with Gasteiger partial charge in [0, 0.05) is 12.8 Å². The highest BCUT2D eigenvalue weighted by molar-refractivity contribution is 7.84. The molecule has 0 amide bonds. The first-order valence-electron chi connectivity index (χ1n) is 6.86. The van der Waals surface area contributed by atoms with Crippen molar-refractivity contribution in [3.63, 3.8) is 0 Å². The molecule has 2 aliphatic heterocycles. The second-order valence-corrected chi connectivity index (χ2v) is 6.96. The van der Waals surface area contributed by atoms with Crippen molar-refractivity contribution >= 4 is 39.1 Å². The van der Waals surface area contributed by atoms with E-state index in [1.165, 1.54) is 6.26 Å². The van der Waals surface area contributed by atoms with Gasteiger partial charge in [0.25, 0.3) is 0 Å². The van der Waals surface area contributed by atoms with Crippen LogP contribution < -0.4 is 9.64 Å². The van der Waals surface area contributed by atoms with E-state index in [9.17, 15) is 8.60 Å². The van der Waals surface area contributed by atoms with Crippen LogP contribution in [0.4, 0.5) is 10.2 Å². The Labute approximate surface area is 133 Å². The number of rotatable bonds is 1. The van der Waals surface area contributed by atoms with E-state index in [2.05, 4.69) is 19.9 Å². The molecular weight excluding hydrogens is 331 g/mol. The van der Waals surface area contributed by atoms with Crippen molar-refractivity contribution in [2.75, 3.05) is 24.3 Å². The van der Waals surface area contributed by atoms with E-state index in [0.717, 1.165) is 19.4 Å². The van der Waals surface area contributed by atoms with Gasteiger partial charge >= 0.3 is 0 Å². The minimum absolute atomic E-state index is 0.0118. The normalized spacial score (nSPS) is 21.4. The number of hydrogen-bond donors (Lipinski definition) is 0. The van der Waals surface area contributed by atoms with E-state index in [0.29, 0.717) is 17.8 Å². The summed E-state index contributed by atoms with van der Waals surface area (Å²) >= 11 is 5.84. The smallest absolute Gasteiger partial charge is 0.228 e. The molecule has 4 heterocycles. The van der Waals surface area contributed by atoms with Crippen molar-refractivity contribution in [1.82, 2.24) is 15.0 Å². The fraction of sp³-hybridized carbons (Fsp3) is 0.462. The van der Waals surface area contributed by atoms with Gasteiger partial charge in [-0.25, -0.2) is 14.4 Å². The Morgan fingerprint density at radius 1 is 1.41 bits per heavy atom. The first-order valence-corrected chi connectivity index (χ1v) is 8.79. The van der Waals surface area contributed by atoms with Crippen LogP contribution in [0, 0.1) is 5.82 Å². The highest BCUT2D eigenvalue weighted by Crippen LogP contribution is 2.40. The van der Waals surface area contributed by atoms with Crippen molar-refractivity contribution in [1.29, 1.82) is 0 Å². The van der Waals surface area contributed by atoms with Gasteiger partial charge < -0.3 is 9.64 Å². The highest BCUT2D eigenvalue weighted by atomic mass is 35.5. The molecule has 22 heavy (non-hydrogen) atoms. The minimum Gasteiger partial charge on any atom is -0.475 e. The van der Waals surface area contributed by atoms with E-state index in [1.807, 2.05) is 0 Å². The number of hydrogen-bond acceptors (Lipinski definition) is 6. The molecule has 1 fully saturated rings. The van der Waals surface area contributed by atoms with Crippen LogP contribution in [-0.2, 0) is 10.8 Å². The lowest BCUT2D eigenvalue weighted by molar-refractivity contribution is 0.285. The molecule has 2 aromatic rings. The van der Waals surface area contributed by atoms with Crippen LogP contribution in [0.2, 0.25) is 5.15 Å². The van der Waals surface area contributed by atoms with E-state index in [4.69, 9.17) is 16.3 Å². The third kappa shape index (κ3) is 1.97. The van der Waals surface area contributed by atoms with Gasteiger partial charge in [-0.15, -0.1) is 0 Å². The molecule has 0 saturated carbocycles. The molecule has 2 aliphatic rings. The van der Waals surface area contributed by atoms with Crippen molar-refractivity contribution in [3.8, 4) is 5.88 Å². The fourth-order valence-corrected chi connectivity index (χ4v) is 3.58. The number of nitrogens with zero attached hydrogens (tertiary/aromatic N) is 4. The average Bonchev–Trinajstić information content (AvgIpc) is 2.91. The van der Waals surface area contributed by atoms with Crippen LogP contribution in [-0.4, -0.2) is 44.6 Å². The van der Waals surface area contributed by atoms with E-state index in [1.54, 1.807) is 0 Å². The number of fused-ring (bicyclic) bond motifs is 2. The number of halogens is 2. The Balaban J connectivity index is 2.11. The third-order valence-corrected chi connectivity index (χ3v) is 4.94. The van der Waals surface area contributed by atoms with Crippen LogP contribution >= 0.6 is 11.6 Å². The zero-order valence-corrected chi connectivity index (χ0v) is 13.2. The second kappa shape index (κ2) is 4.99. The van der Waals surface area contributed by atoms with Crippen LogP contribution in [0.3, 0.4) is 0 Å². The standard InChI is InChI=1S/C13H12ClFN4O2S/c1-22(20)13-16-9-7-11(18-13)19-4-2-3-6(19)5-21-12(7)17-10(14)8(9)15/h6H,2-5H2,1H3/t6-,22?/m0/s1. The molecule has 1 saturated heterocycles. The lowest BCUT2D eigenvalue weighted by atomic mass is 10.2. The summed E-state index contributed by atoms with van der Waals surface area (Å²) in [5, 5.41) is 0.185. The average molecular weight is 343 g/mol. The molecule has 2 atom stereocenters. The Bertz CT molecular complexity index is 818. The molecule has 1 unspecified atom stereocenters. The molecular formula is C13H12ClFN4O2S. The van der Waals surface area contributed by atoms with Crippen LogP contribution in [0.15, 0.2) is 5.16 Å². The summed E-state index contributed by atoms with van der Waals surface area (Å²) in [7, 11) is -1.43.